The standard InChI is InChI=1S/C12H19N3O.C2H6N2O/c1-9(2)15-12(16)11-6-4-10(5-7-11)8-14-13-3;1-2(5)4-3/h4-7,9,13-14H,8H2,1-3H3,(H,15,16);3H2,1H3,(H,4,5). The molecule has 7 heteroatoms. The van der Waals surface area contributed by atoms with Crippen molar-refractivity contribution in [3.05, 3.63) is 35.4 Å². The average Bonchev–Trinajstić information content (AvgIpc) is 2.45. The van der Waals surface area contributed by atoms with Crippen LogP contribution in [0.4, 0.5) is 0 Å². The Bertz CT molecular complexity index is 431. The highest BCUT2D eigenvalue weighted by molar-refractivity contribution is 5.94. The Kier molecular flexibility index (Phi) is 9.78. The molecule has 0 aliphatic rings. The molecule has 0 fully saturated rings. The van der Waals surface area contributed by atoms with Gasteiger partial charge in [-0.1, -0.05) is 12.1 Å². The monoisotopic (exact) mass is 295 g/mol. The van der Waals surface area contributed by atoms with Gasteiger partial charge in [-0.25, -0.2) is 5.84 Å². The van der Waals surface area contributed by atoms with Gasteiger partial charge in [0.2, 0.25) is 5.91 Å². The van der Waals surface area contributed by atoms with Gasteiger partial charge < -0.3 is 5.32 Å². The van der Waals surface area contributed by atoms with Gasteiger partial charge in [0.1, 0.15) is 0 Å². The zero-order chi connectivity index (χ0) is 16.3. The summed E-state index contributed by atoms with van der Waals surface area (Å²) in [5.41, 5.74) is 9.57. The van der Waals surface area contributed by atoms with Crippen LogP contribution in [0.3, 0.4) is 0 Å². The van der Waals surface area contributed by atoms with E-state index in [0.29, 0.717) is 5.56 Å². The molecule has 1 aromatic carbocycles. The second-order valence-corrected chi connectivity index (χ2v) is 4.63. The van der Waals surface area contributed by atoms with Crippen LogP contribution in [-0.2, 0) is 11.3 Å². The summed E-state index contributed by atoms with van der Waals surface area (Å²) >= 11 is 0. The first kappa shape index (κ1) is 19.0. The summed E-state index contributed by atoms with van der Waals surface area (Å²) < 4.78 is 0. The smallest absolute Gasteiger partial charge is 0.251 e. The molecule has 0 aliphatic carbocycles. The van der Waals surface area contributed by atoms with E-state index in [9.17, 15) is 9.59 Å². The molecule has 21 heavy (non-hydrogen) atoms. The van der Waals surface area contributed by atoms with Gasteiger partial charge in [-0.3, -0.25) is 25.9 Å². The summed E-state index contributed by atoms with van der Waals surface area (Å²) in [4.78, 5) is 21.2. The number of nitrogens with two attached hydrogens (primary N) is 1. The van der Waals surface area contributed by atoms with Crippen molar-refractivity contribution in [3.63, 3.8) is 0 Å². The minimum Gasteiger partial charge on any atom is -0.350 e. The number of benzene rings is 1. The van der Waals surface area contributed by atoms with E-state index in [1.54, 1.807) is 0 Å². The van der Waals surface area contributed by atoms with Gasteiger partial charge in [0, 0.05) is 25.1 Å². The van der Waals surface area contributed by atoms with Crippen LogP contribution in [0.5, 0.6) is 0 Å². The molecule has 0 bridgehead atoms. The van der Waals surface area contributed by atoms with E-state index in [-0.39, 0.29) is 17.9 Å². The zero-order valence-corrected chi connectivity index (χ0v) is 13.0. The van der Waals surface area contributed by atoms with E-state index >= 15 is 0 Å². The predicted octanol–water partition coefficient (Wildman–Crippen LogP) is 0.0450. The Labute approximate surface area is 125 Å². The average molecular weight is 295 g/mol. The molecule has 1 rings (SSSR count). The quantitative estimate of drug-likeness (QED) is 0.299. The third-order valence-electron chi connectivity index (χ3n) is 2.31. The summed E-state index contributed by atoms with van der Waals surface area (Å²) in [6.45, 7) is 5.98. The van der Waals surface area contributed by atoms with Crippen LogP contribution in [0.15, 0.2) is 24.3 Å². The molecular formula is C14H25N5O2. The summed E-state index contributed by atoms with van der Waals surface area (Å²) in [6, 6.07) is 7.73. The van der Waals surface area contributed by atoms with Crippen molar-refractivity contribution in [1.29, 1.82) is 0 Å². The fraction of sp³-hybridized carbons (Fsp3) is 0.429. The number of hydrogen-bond acceptors (Lipinski definition) is 5. The van der Waals surface area contributed by atoms with Gasteiger partial charge >= 0.3 is 0 Å². The van der Waals surface area contributed by atoms with Gasteiger partial charge in [-0.2, -0.15) is 0 Å². The number of amides is 2. The summed E-state index contributed by atoms with van der Waals surface area (Å²) in [6.07, 6.45) is 0. The van der Waals surface area contributed by atoms with Crippen molar-refractivity contribution in [2.45, 2.75) is 33.4 Å². The molecule has 1 aromatic rings. The Morgan fingerprint density at radius 2 is 1.71 bits per heavy atom. The summed E-state index contributed by atoms with van der Waals surface area (Å²) in [5.74, 6) is 4.33. The SMILES string of the molecule is CC(=O)NN.CNNCc1ccc(C(=O)NC(C)C)cc1. The van der Waals surface area contributed by atoms with Gasteiger partial charge in [0.05, 0.1) is 0 Å². The lowest BCUT2D eigenvalue weighted by molar-refractivity contribution is -0.119. The van der Waals surface area contributed by atoms with E-state index in [2.05, 4.69) is 22.0 Å². The number of hydrazine groups is 2. The molecular weight excluding hydrogens is 270 g/mol. The molecule has 2 amide bonds. The number of carbonyl (C=O) groups excluding carboxylic acids is 2. The highest BCUT2D eigenvalue weighted by Crippen LogP contribution is 2.04. The number of hydrogen-bond donors (Lipinski definition) is 5. The van der Waals surface area contributed by atoms with E-state index in [1.165, 1.54) is 6.92 Å². The number of carbonyl (C=O) groups is 2. The molecule has 6 N–H and O–H groups in total. The van der Waals surface area contributed by atoms with Crippen molar-refractivity contribution in [3.8, 4) is 0 Å². The van der Waals surface area contributed by atoms with Crippen LogP contribution in [0, 0.1) is 0 Å². The molecule has 0 saturated carbocycles. The van der Waals surface area contributed by atoms with E-state index in [4.69, 9.17) is 0 Å². The molecule has 0 aliphatic heterocycles. The van der Waals surface area contributed by atoms with Crippen LogP contribution in [0.2, 0.25) is 0 Å². The van der Waals surface area contributed by atoms with Crippen LogP contribution in [-0.4, -0.2) is 24.9 Å². The van der Waals surface area contributed by atoms with Crippen molar-refractivity contribution >= 4 is 11.8 Å². The Morgan fingerprint density at radius 1 is 1.19 bits per heavy atom. The van der Waals surface area contributed by atoms with Crippen molar-refractivity contribution in [2.75, 3.05) is 7.05 Å². The largest absolute Gasteiger partial charge is 0.350 e. The highest BCUT2D eigenvalue weighted by Gasteiger charge is 2.05. The summed E-state index contributed by atoms with van der Waals surface area (Å²) in [7, 11) is 1.82. The molecule has 0 unspecified atom stereocenters. The van der Waals surface area contributed by atoms with Gasteiger partial charge in [-0.05, 0) is 38.6 Å². The lowest BCUT2D eigenvalue weighted by Crippen LogP contribution is -2.30. The lowest BCUT2D eigenvalue weighted by atomic mass is 10.1. The summed E-state index contributed by atoms with van der Waals surface area (Å²) in [5, 5.41) is 2.85. The van der Waals surface area contributed by atoms with Crippen LogP contribution in [0.25, 0.3) is 0 Å². The van der Waals surface area contributed by atoms with E-state index in [0.717, 1.165) is 12.1 Å². The first-order chi connectivity index (χ1) is 9.90. The lowest BCUT2D eigenvalue weighted by Gasteiger charge is -2.09. The van der Waals surface area contributed by atoms with E-state index < -0.39 is 0 Å². The molecule has 0 atom stereocenters. The molecule has 0 heterocycles. The van der Waals surface area contributed by atoms with Gasteiger partial charge in [-0.15, -0.1) is 0 Å². The second kappa shape index (κ2) is 10.8. The van der Waals surface area contributed by atoms with Crippen molar-refractivity contribution in [1.82, 2.24) is 21.6 Å². The van der Waals surface area contributed by atoms with Gasteiger partial charge in [0.25, 0.3) is 5.91 Å². The minimum absolute atomic E-state index is 0.0249. The molecule has 0 aromatic heterocycles. The first-order valence-corrected chi connectivity index (χ1v) is 6.67. The van der Waals surface area contributed by atoms with Crippen LogP contribution < -0.4 is 27.4 Å². The normalized spacial score (nSPS) is 9.62. The third kappa shape index (κ3) is 9.55. The maximum Gasteiger partial charge on any atom is 0.251 e. The highest BCUT2D eigenvalue weighted by atomic mass is 16.2. The zero-order valence-electron chi connectivity index (χ0n) is 13.0. The minimum atomic E-state index is -0.218. The number of rotatable bonds is 5. The van der Waals surface area contributed by atoms with Crippen LogP contribution >= 0.6 is 0 Å². The van der Waals surface area contributed by atoms with Crippen LogP contribution in [0.1, 0.15) is 36.7 Å². The Morgan fingerprint density at radius 3 is 2.10 bits per heavy atom. The van der Waals surface area contributed by atoms with Gasteiger partial charge in [0.15, 0.2) is 0 Å². The first-order valence-electron chi connectivity index (χ1n) is 6.67. The molecule has 0 spiro atoms. The Hall–Kier alpha value is -1.96. The maximum absolute atomic E-state index is 11.6. The fourth-order valence-corrected chi connectivity index (χ4v) is 1.31. The van der Waals surface area contributed by atoms with Crippen molar-refractivity contribution < 1.29 is 9.59 Å². The number of nitrogens with one attached hydrogen (secondary N) is 4. The maximum atomic E-state index is 11.6. The Balaban J connectivity index is 0.000000690. The third-order valence-corrected chi connectivity index (χ3v) is 2.31. The second-order valence-electron chi connectivity index (χ2n) is 4.63. The molecule has 118 valence electrons. The topological polar surface area (TPSA) is 108 Å². The molecule has 7 nitrogen and oxygen atoms in total. The molecule has 0 saturated heterocycles. The fourth-order valence-electron chi connectivity index (χ4n) is 1.31. The van der Waals surface area contributed by atoms with Crippen molar-refractivity contribution in [2.24, 2.45) is 5.84 Å². The van der Waals surface area contributed by atoms with E-state index in [1.807, 2.05) is 50.6 Å². The molecule has 0 radical (unpaired) electrons. The predicted molar refractivity (Wildman–Crippen MR) is 82.9 cm³/mol.